The summed E-state index contributed by atoms with van der Waals surface area (Å²) in [5.74, 6) is 1.81. The molecule has 0 aliphatic heterocycles. The maximum atomic E-state index is 12.4. The van der Waals surface area contributed by atoms with E-state index in [2.05, 4.69) is 26.1 Å². The van der Waals surface area contributed by atoms with Crippen LogP contribution in [0.4, 0.5) is 0 Å². The van der Waals surface area contributed by atoms with Gasteiger partial charge in [0.2, 0.25) is 5.91 Å². The fourth-order valence-corrected chi connectivity index (χ4v) is 4.74. The van der Waals surface area contributed by atoms with Gasteiger partial charge in [-0.2, -0.15) is 0 Å². The zero-order valence-electron chi connectivity index (χ0n) is 14.8. The number of ether oxygens (including phenoxy) is 1. The zero-order chi connectivity index (χ0) is 16.7. The monoisotopic (exact) mass is 315 g/mol. The first-order chi connectivity index (χ1) is 10.9. The minimum absolute atomic E-state index is 0.190. The number of benzene rings is 1. The molecule has 3 unspecified atom stereocenters. The third-order valence-electron chi connectivity index (χ3n) is 6.93. The highest BCUT2D eigenvalue weighted by Gasteiger charge is 2.61. The van der Waals surface area contributed by atoms with E-state index in [-0.39, 0.29) is 11.3 Å². The van der Waals surface area contributed by atoms with Gasteiger partial charge in [-0.15, -0.1) is 0 Å². The molecule has 1 aromatic rings. The Morgan fingerprint density at radius 3 is 2.48 bits per heavy atom. The minimum atomic E-state index is 0.190. The first kappa shape index (κ1) is 16.4. The molecule has 2 aliphatic carbocycles. The van der Waals surface area contributed by atoms with Crippen molar-refractivity contribution < 1.29 is 9.53 Å². The number of methoxy groups -OCH3 is 1. The van der Waals surface area contributed by atoms with Crippen molar-refractivity contribution in [2.45, 2.75) is 58.9 Å². The fraction of sp³-hybridized carbons (Fsp3) is 0.650. The van der Waals surface area contributed by atoms with Crippen LogP contribution in [-0.2, 0) is 11.2 Å². The van der Waals surface area contributed by atoms with Crippen LogP contribution in [0.3, 0.4) is 0 Å². The molecule has 2 bridgehead atoms. The van der Waals surface area contributed by atoms with Crippen LogP contribution in [0, 0.1) is 16.7 Å². The Hall–Kier alpha value is -1.51. The second-order valence-corrected chi connectivity index (χ2v) is 8.08. The number of hydrogen-bond acceptors (Lipinski definition) is 2. The lowest BCUT2D eigenvalue weighted by molar-refractivity contribution is -0.122. The van der Waals surface area contributed by atoms with Gasteiger partial charge in [-0.25, -0.2) is 0 Å². The maximum Gasteiger partial charge on any atom is 0.220 e. The van der Waals surface area contributed by atoms with Crippen molar-refractivity contribution in [1.29, 1.82) is 0 Å². The Kier molecular flexibility index (Phi) is 4.16. The molecule has 3 nitrogen and oxygen atoms in total. The van der Waals surface area contributed by atoms with Gasteiger partial charge in [-0.3, -0.25) is 4.79 Å². The van der Waals surface area contributed by atoms with Gasteiger partial charge in [-0.05, 0) is 60.1 Å². The minimum Gasteiger partial charge on any atom is -0.497 e. The molecule has 2 aliphatic rings. The summed E-state index contributed by atoms with van der Waals surface area (Å²) in [6, 6.07) is 8.32. The average molecular weight is 315 g/mol. The molecule has 23 heavy (non-hydrogen) atoms. The predicted molar refractivity (Wildman–Crippen MR) is 92.5 cm³/mol. The van der Waals surface area contributed by atoms with E-state index < -0.39 is 0 Å². The molecule has 3 atom stereocenters. The zero-order valence-corrected chi connectivity index (χ0v) is 14.8. The van der Waals surface area contributed by atoms with E-state index in [1.807, 2.05) is 24.3 Å². The van der Waals surface area contributed by atoms with Crippen LogP contribution in [0.5, 0.6) is 5.75 Å². The van der Waals surface area contributed by atoms with E-state index in [0.29, 0.717) is 17.9 Å². The lowest BCUT2D eigenvalue weighted by Crippen LogP contribution is -2.46. The summed E-state index contributed by atoms with van der Waals surface area (Å²) in [6.07, 6.45) is 5.06. The Morgan fingerprint density at radius 1 is 1.26 bits per heavy atom. The van der Waals surface area contributed by atoms with Crippen LogP contribution in [-0.4, -0.2) is 19.1 Å². The third-order valence-corrected chi connectivity index (χ3v) is 6.93. The van der Waals surface area contributed by atoms with Gasteiger partial charge in [0.05, 0.1) is 7.11 Å². The molecule has 2 saturated carbocycles. The molecule has 3 heteroatoms. The van der Waals surface area contributed by atoms with Crippen molar-refractivity contribution >= 4 is 5.91 Å². The van der Waals surface area contributed by atoms with E-state index >= 15 is 0 Å². The number of carbonyl (C=O) groups excluding carboxylic acids is 1. The molecular weight excluding hydrogens is 286 g/mol. The summed E-state index contributed by atoms with van der Waals surface area (Å²) in [5, 5.41) is 3.34. The highest BCUT2D eigenvalue weighted by atomic mass is 16.5. The van der Waals surface area contributed by atoms with Crippen molar-refractivity contribution in [2.24, 2.45) is 16.7 Å². The molecule has 0 spiro atoms. The summed E-state index contributed by atoms with van der Waals surface area (Å²) in [5.41, 5.74) is 1.79. The summed E-state index contributed by atoms with van der Waals surface area (Å²) in [6.45, 7) is 7.14. The highest BCUT2D eigenvalue weighted by molar-refractivity contribution is 5.76. The highest BCUT2D eigenvalue weighted by Crippen LogP contribution is 2.65. The fourth-order valence-electron chi connectivity index (χ4n) is 4.74. The van der Waals surface area contributed by atoms with E-state index in [1.54, 1.807) is 7.11 Å². The first-order valence-electron chi connectivity index (χ1n) is 8.79. The average Bonchev–Trinajstić information content (AvgIpc) is 2.87. The second-order valence-electron chi connectivity index (χ2n) is 8.08. The van der Waals surface area contributed by atoms with E-state index in [4.69, 9.17) is 4.74 Å². The second kappa shape index (κ2) is 5.85. The third kappa shape index (κ3) is 2.75. The van der Waals surface area contributed by atoms with Crippen LogP contribution < -0.4 is 10.1 Å². The molecule has 3 rings (SSSR count). The number of fused-ring (bicyclic) bond motifs is 2. The van der Waals surface area contributed by atoms with E-state index in [0.717, 1.165) is 24.5 Å². The number of hydrogen-bond donors (Lipinski definition) is 1. The Labute approximate surface area is 139 Å². The molecule has 126 valence electrons. The molecule has 0 aromatic heterocycles. The molecule has 2 fully saturated rings. The topological polar surface area (TPSA) is 38.3 Å². The Bertz CT molecular complexity index is 578. The van der Waals surface area contributed by atoms with Gasteiger partial charge in [0.25, 0.3) is 0 Å². The van der Waals surface area contributed by atoms with Crippen molar-refractivity contribution in [3.8, 4) is 5.75 Å². The number of amides is 1. The number of carbonyl (C=O) groups is 1. The lowest BCUT2D eigenvalue weighted by Gasteiger charge is -2.39. The standard InChI is InChI=1S/C20H29NO2/c1-19(2)15-11-12-20(19,3)17(13-15)21-18(22)10-7-14-5-8-16(23-4)9-6-14/h5-6,8-9,15,17H,7,10-13H2,1-4H3,(H,21,22). The Morgan fingerprint density at radius 2 is 1.96 bits per heavy atom. The summed E-state index contributed by atoms with van der Waals surface area (Å²) in [7, 11) is 1.67. The molecule has 0 radical (unpaired) electrons. The van der Waals surface area contributed by atoms with E-state index in [9.17, 15) is 4.79 Å². The lowest BCUT2D eigenvalue weighted by atomic mass is 9.69. The predicted octanol–water partition coefficient (Wildman–Crippen LogP) is 3.96. The smallest absolute Gasteiger partial charge is 0.220 e. The van der Waals surface area contributed by atoms with Gasteiger partial charge in [0.1, 0.15) is 5.75 Å². The van der Waals surface area contributed by atoms with Gasteiger partial charge in [-0.1, -0.05) is 32.9 Å². The molecule has 1 N–H and O–H groups in total. The number of aryl methyl sites for hydroxylation is 1. The molecule has 1 amide bonds. The van der Waals surface area contributed by atoms with Crippen LogP contribution in [0.2, 0.25) is 0 Å². The quantitative estimate of drug-likeness (QED) is 0.893. The van der Waals surface area contributed by atoms with Crippen LogP contribution >= 0.6 is 0 Å². The SMILES string of the molecule is COc1ccc(CCC(=O)NC2CC3CCC2(C)C3(C)C)cc1. The first-order valence-corrected chi connectivity index (χ1v) is 8.79. The van der Waals surface area contributed by atoms with Crippen LogP contribution in [0.15, 0.2) is 24.3 Å². The molecule has 0 heterocycles. The van der Waals surface area contributed by atoms with E-state index in [1.165, 1.54) is 18.4 Å². The largest absolute Gasteiger partial charge is 0.497 e. The van der Waals surface area contributed by atoms with Gasteiger partial charge in [0.15, 0.2) is 0 Å². The van der Waals surface area contributed by atoms with Gasteiger partial charge < -0.3 is 10.1 Å². The number of rotatable bonds is 5. The van der Waals surface area contributed by atoms with Crippen molar-refractivity contribution in [3.63, 3.8) is 0 Å². The molecule has 0 saturated heterocycles. The van der Waals surface area contributed by atoms with Gasteiger partial charge >= 0.3 is 0 Å². The summed E-state index contributed by atoms with van der Waals surface area (Å²) < 4.78 is 5.16. The van der Waals surface area contributed by atoms with Crippen molar-refractivity contribution in [1.82, 2.24) is 5.32 Å². The molecule has 1 aromatic carbocycles. The van der Waals surface area contributed by atoms with Crippen molar-refractivity contribution in [2.75, 3.05) is 7.11 Å². The van der Waals surface area contributed by atoms with Crippen LogP contribution in [0.25, 0.3) is 0 Å². The van der Waals surface area contributed by atoms with Crippen LogP contribution in [0.1, 0.15) is 52.0 Å². The summed E-state index contributed by atoms with van der Waals surface area (Å²) in [4.78, 5) is 12.4. The Balaban J connectivity index is 1.54. The van der Waals surface area contributed by atoms with Gasteiger partial charge in [0, 0.05) is 12.5 Å². The number of nitrogens with one attached hydrogen (secondary N) is 1. The normalized spacial score (nSPS) is 31.1. The summed E-state index contributed by atoms with van der Waals surface area (Å²) >= 11 is 0. The molecular formula is C20H29NO2. The maximum absolute atomic E-state index is 12.4. The van der Waals surface area contributed by atoms with Crippen molar-refractivity contribution in [3.05, 3.63) is 29.8 Å².